The largest absolute Gasteiger partial charge is 0.495 e. The zero-order valence-corrected chi connectivity index (χ0v) is 19.4. The summed E-state index contributed by atoms with van der Waals surface area (Å²) in [5.74, 6) is -0.531. The molecular weight excluding hydrogens is 430 g/mol. The van der Waals surface area contributed by atoms with Crippen molar-refractivity contribution in [2.45, 2.75) is 20.8 Å². The van der Waals surface area contributed by atoms with Gasteiger partial charge in [0.05, 0.1) is 24.1 Å². The van der Waals surface area contributed by atoms with E-state index in [1.807, 2.05) is 38.1 Å². The second-order valence-corrected chi connectivity index (χ2v) is 8.07. The highest BCUT2D eigenvalue weighted by molar-refractivity contribution is 6.46. The van der Waals surface area contributed by atoms with Gasteiger partial charge in [-0.05, 0) is 60.9 Å². The van der Waals surface area contributed by atoms with Gasteiger partial charge in [-0.15, -0.1) is 0 Å². The Balaban J connectivity index is 1.84. The van der Waals surface area contributed by atoms with Crippen LogP contribution in [0.5, 0.6) is 5.75 Å². The van der Waals surface area contributed by atoms with Crippen LogP contribution in [0, 0.1) is 13.8 Å². The van der Waals surface area contributed by atoms with Gasteiger partial charge in [0.25, 0.3) is 11.8 Å². The zero-order chi connectivity index (χ0) is 24.4. The second kappa shape index (κ2) is 9.23. The van der Waals surface area contributed by atoms with E-state index in [4.69, 9.17) is 4.74 Å². The Hall–Kier alpha value is -4.39. The maximum absolute atomic E-state index is 13.7. The zero-order valence-electron chi connectivity index (χ0n) is 19.4. The highest BCUT2D eigenvalue weighted by atomic mass is 16.5. The highest BCUT2D eigenvalue weighted by Gasteiger charge is 2.41. The average molecular weight is 456 g/mol. The smallest absolute Gasteiger partial charge is 0.282 e. The van der Waals surface area contributed by atoms with E-state index in [1.54, 1.807) is 49.6 Å². The molecule has 0 saturated heterocycles. The van der Waals surface area contributed by atoms with Crippen LogP contribution in [0.15, 0.2) is 72.4 Å². The average Bonchev–Trinajstić information content (AvgIpc) is 3.04. The van der Waals surface area contributed by atoms with Gasteiger partial charge in [0, 0.05) is 12.6 Å². The fourth-order valence-corrected chi connectivity index (χ4v) is 3.92. The van der Waals surface area contributed by atoms with Crippen LogP contribution in [-0.2, 0) is 14.4 Å². The molecule has 0 aliphatic carbocycles. The number of methoxy groups -OCH3 is 1. The van der Waals surface area contributed by atoms with Crippen molar-refractivity contribution in [1.29, 1.82) is 0 Å². The van der Waals surface area contributed by atoms with Gasteiger partial charge in [-0.1, -0.05) is 36.4 Å². The van der Waals surface area contributed by atoms with E-state index in [9.17, 15) is 14.4 Å². The number of hydrogen-bond acceptors (Lipinski definition) is 5. The Morgan fingerprint density at radius 2 is 1.62 bits per heavy atom. The van der Waals surface area contributed by atoms with Crippen molar-refractivity contribution in [2.24, 2.45) is 0 Å². The van der Waals surface area contributed by atoms with Crippen LogP contribution >= 0.6 is 0 Å². The number of carbonyl (C=O) groups is 3. The number of anilines is 3. The van der Waals surface area contributed by atoms with Crippen LogP contribution in [0.25, 0.3) is 5.57 Å². The lowest BCUT2D eigenvalue weighted by Crippen LogP contribution is -2.33. The van der Waals surface area contributed by atoms with Gasteiger partial charge < -0.3 is 15.4 Å². The van der Waals surface area contributed by atoms with Gasteiger partial charge in [-0.2, -0.15) is 0 Å². The highest BCUT2D eigenvalue weighted by Crippen LogP contribution is 2.37. The Bertz CT molecular complexity index is 1330. The normalized spacial score (nSPS) is 13.4. The summed E-state index contributed by atoms with van der Waals surface area (Å²) in [5, 5.41) is 5.88. The number of imide groups is 1. The van der Waals surface area contributed by atoms with Crippen molar-refractivity contribution >= 4 is 40.4 Å². The molecule has 1 aliphatic rings. The number of nitrogens with zero attached hydrogens (tertiary/aromatic N) is 1. The molecule has 0 fully saturated rings. The summed E-state index contributed by atoms with van der Waals surface area (Å²) in [7, 11) is 1.55. The van der Waals surface area contributed by atoms with Crippen LogP contribution in [0.2, 0.25) is 0 Å². The molecule has 3 aromatic rings. The molecule has 7 nitrogen and oxygen atoms in total. The fraction of sp³-hybridized carbons (Fsp3) is 0.148. The monoisotopic (exact) mass is 455 g/mol. The minimum absolute atomic E-state index is 0.157. The van der Waals surface area contributed by atoms with Gasteiger partial charge in [-0.25, -0.2) is 4.90 Å². The Morgan fingerprint density at radius 1 is 0.912 bits per heavy atom. The van der Waals surface area contributed by atoms with Gasteiger partial charge >= 0.3 is 0 Å². The van der Waals surface area contributed by atoms with E-state index < -0.39 is 11.8 Å². The summed E-state index contributed by atoms with van der Waals surface area (Å²) < 4.78 is 5.46. The minimum Gasteiger partial charge on any atom is -0.495 e. The van der Waals surface area contributed by atoms with Crippen molar-refractivity contribution in [3.05, 3.63) is 89.1 Å². The molecular formula is C27H25N3O4. The third kappa shape index (κ3) is 4.28. The molecule has 0 spiro atoms. The summed E-state index contributed by atoms with van der Waals surface area (Å²) in [4.78, 5) is 39.9. The number of amides is 3. The van der Waals surface area contributed by atoms with Crippen molar-refractivity contribution in [3.8, 4) is 5.75 Å². The SMILES string of the molecule is COc1ccc(C)cc1NC1=C(c2ccc(NC(C)=O)cc2)C(=O)N(c2ccccc2C)C1=O. The van der Waals surface area contributed by atoms with Gasteiger partial charge in [0.2, 0.25) is 5.91 Å². The maximum Gasteiger partial charge on any atom is 0.282 e. The predicted octanol–water partition coefficient (Wildman–Crippen LogP) is 4.67. The first kappa shape index (κ1) is 22.8. The van der Waals surface area contributed by atoms with Crippen molar-refractivity contribution in [3.63, 3.8) is 0 Å². The summed E-state index contributed by atoms with van der Waals surface area (Å²) in [6, 6.07) is 19.6. The Labute approximate surface area is 198 Å². The molecule has 0 saturated carbocycles. The quantitative estimate of drug-likeness (QED) is 0.528. The van der Waals surface area contributed by atoms with E-state index in [0.717, 1.165) is 11.1 Å². The number of rotatable bonds is 6. The molecule has 7 heteroatoms. The van der Waals surface area contributed by atoms with Crippen molar-refractivity contribution in [1.82, 2.24) is 0 Å². The summed E-state index contributed by atoms with van der Waals surface area (Å²) in [6.45, 7) is 5.21. The third-order valence-electron chi connectivity index (χ3n) is 5.55. The molecule has 34 heavy (non-hydrogen) atoms. The number of aryl methyl sites for hydroxylation is 2. The summed E-state index contributed by atoms with van der Waals surface area (Å²) in [6.07, 6.45) is 0. The lowest BCUT2D eigenvalue weighted by Gasteiger charge is -2.18. The van der Waals surface area contributed by atoms with Crippen LogP contribution < -0.4 is 20.3 Å². The van der Waals surface area contributed by atoms with Gasteiger partial charge in [0.1, 0.15) is 11.4 Å². The van der Waals surface area contributed by atoms with E-state index in [2.05, 4.69) is 10.6 Å². The Morgan fingerprint density at radius 3 is 2.26 bits per heavy atom. The molecule has 4 rings (SSSR count). The number of carbonyl (C=O) groups excluding carboxylic acids is 3. The van der Waals surface area contributed by atoms with Crippen LogP contribution in [0.1, 0.15) is 23.6 Å². The number of nitrogens with one attached hydrogen (secondary N) is 2. The first-order chi connectivity index (χ1) is 16.3. The van der Waals surface area contributed by atoms with Crippen molar-refractivity contribution < 1.29 is 19.1 Å². The number of para-hydroxylation sites is 1. The second-order valence-electron chi connectivity index (χ2n) is 8.07. The summed E-state index contributed by atoms with van der Waals surface area (Å²) >= 11 is 0. The first-order valence-electron chi connectivity index (χ1n) is 10.8. The standard InChI is InChI=1S/C27H25N3O4/c1-16-9-14-23(34-4)21(15-16)29-25-24(19-10-12-20(13-11-19)28-18(3)31)26(32)30(27(25)33)22-8-6-5-7-17(22)2/h5-15,29H,1-4H3,(H,28,31). The lowest BCUT2D eigenvalue weighted by molar-refractivity contribution is -0.120. The minimum atomic E-state index is -0.455. The van der Waals surface area contributed by atoms with Crippen molar-refractivity contribution in [2.75, 3.05) is 22.6 Å². The maximum atomic E-state index is 13.7. The molecule has 3 amide bonds. The van der Waals surface area contributed by atoms with Crippen LogP contribution in [0.4, 0.5) is 17.1 Å². The third-order valence-corrected chi connectivity index (χ3v) is 5.55. The van der Waals surface area contributed by atoms with Crippen LogP contribution in [-0.4, -0.2) is 24.8 Å². The fourth-order valence-electron chi connectivity index (χ4n) is 3.92. The van der Waals surface area contributed by atoms with E-state index in [1.165, 1.54) is 11.8 Å². The number of benzene rings is 3. The Kier molecular flexibility index (Phi) is 6.19. The van der Waals surface area contributed by atoms with Gasteiger partial charge in [0.15, 0.2) is 0 Å². The number of ether oxygens (including phenoxy) is 1. The molecule has 0 radical (unpaired) electrons. The molecule has 0 unspecified atom stereocenters. The first-order valence-corrected chi connectivity index (χ1v) is 10.8. The van der Waals surface area contributed by atoms with E-state index in [-0.39, 0.29) is 17.2 Å². The van der Waals surface area contributed by atoms with Gasteiger partial charge in [-0.3, -0.25) is 14.4 Å². The molecule has 172 valence electrons. The summed E-state index contributed by atoms with van der Waals surface area (Å²) in [5.41, 5.74) is 4.43. The number of hydrogen-bond donors (Lipinski definition) is 2. The predicted molar refractivity (Wildman–Crippen MR) is 133 cm³/mol. The molecule has 1 heterocycles. The lowest BCUT2D eigenvalue weighted by atomic mass is 10.0. The molecule has 0 bridgehead atoms. The molecule has 1 aliphatic heterocycles. The molecule has 3 aromatic carbocycles. The molecule has 0 atom stereocenters. The van der Waals surface area contributed by atoms with E-state index >= 15 is 0 Å². The molecule has 0 aromatic heterocycles. The van der Waals surface area contributed by atoms with E-state index in [0.29, 0.717) is 28.4 Å². The molecule has 2 N–H and O–H groups in total. The topological polar surface area (TPSA) is 87.7 Å². The van der Waals surface area contributed by atoms with Crippen LogP contribution in [0.3, 0.4) is 0 Å².